The summed E-state index contributed by atoms with van der Waals surface area (Å²) in [7, 11) is 4.24. The van der Waals surface area contributed by atoms with Gasteiger partial charge in [-0.15, -0.1) is 0 Å². The largest absolute Gasteiger partial charge is 0.496 e. The van der Waals surface area contributed by atoms with Crippen LogP contribution in [0.15, 0.2) is 64.3 Å². The molecule has 2 atom stereocenters. The molecule has 10 nitrogen and oxygen atoms in total. The van der Waals surface area contributed by atoms with Crippen molar-refractivity contribution >= 4 is 23.2 Å². The molecule has 2 heterocycles. The highest BCUT2D eigenvalue weighted by atomic mass is 35.5. The Bertz CT molecular complexity index is 1890. The summed E-state index contributed by atoms with van der Waals surface area (Å²) < 4.78 is 28.4. The highest BCUT2D eigenvalue weighted by Gasteiger charge is 2.25. The maximum Gasteiger partial charge on any atom is 0.330 e. The average Bonchev–Trinajstić information content (AvgIpc) is 3.02. The number of aryl methyl sites for hydroxylation is 1. The lowest BCUT2D eigenvalue weighted by molar-refractivity contribution is -0.0281. The van der Waals surface area contributed by atoms with Gasteiger partial charge in [0.05, 0.1) is 30.5 Å². The van der Waals surface area contributed by atoms with Gasteiger partial charge in [0.25, 0.3) is 11.5 Å². The topological polar surface area (TPSA) is 124 Å². The van der Waals surface area contributed by atoms with Crippen molar-refractivity contribution in [1.29, 1.82) is 0 Å². The molecule has 0 bridgehead atoms. The van der Waals surface area contributed by atoms with Gasteiger partial charge in [0.15, 0.2) is 0 Å². The van der Waals surface area contributed by atoms with E-state index in [0.717, 1.165) is 25.8 Å². The van der Waals surface area contributed by atoms with Crippen LogP contribution in [-0.2, 0) is 25.4 Å². The molecule has 4 aromatic rings. The van der Waals surface area contributed by atoms with Gasteiger partial charge in [-0.05, 0) is 53.8 Å². The fourth-order valence-electron chi connectivity index (χ4n) is 5.55. The van der Waals surface area contributed by atoms with Crippen LogP contribution in [0.2, 0.25) is 5.02 Å². The lowest BCUT2D eigenvalue weighted by atomic mass is 9.91. The van der Waals surface area contributed by atoms with Crippen LogP contribution in [-0.4, -0.2) is 52.6 Å². The molecule has 0 saturated carbocycles. The zero-order chi connectivity index (χ0) is 32.4. The number of amides is 1. The summed E-state index contributed by atoms with van der Waals surface area (Å²) >= 11 is 6.81. The fraction of sp³-hybridized carbons (Fsp3) is 0.303. The van der Waals surface area contributed by atoms with E-state index in [4.69, 9.17) is 21.1 Å². The van der Waals surface area contributed by atoms with Crippen LogP contribution in [0.4, 0.5) is 10.1 Å². The number of aliphatic hydroxyl groups is 1. The lowest BCUT2D eigenvalue weighted by Crippen LogP contribution is -2.46. The van der Waals surface area contributed by atoms with Gasteiger partial charge >= 0.3 is 5.69 Å². The van der Waals surface area contributed by atoms with Gasteiger partial charge < -0.3 is 29.8 Å². The van der Waals surface area contributed by atoms with Crippen molar-refractivity contribution in [2.75, 3.05) is 25.6 Å². The van der Waals surface area contributed by atoms with Crippen LogP contribution in [0.5, 0.6) is 5.75 Å². The van der Waals surface area contributed by atoms with Gasteiger partial charge in [0.2, 0.25) is 0 Å². The first-order chi connectivity index (χ1) is 21.5. The number of halogens is 2. The van der Waals surface area contributed by atoms with Gasteiger partial charge in [0.1, 0.15) is 17.1 Å². The molecule has 1 amide bonds. The first-order valence-electron chi connectivity index (χ1n) is 14.3. The molecule has 45 heavy (non-hydrogen) atoms. The molecule has 1 saturated heterocycles. The van der Waals surface area contributed by atoms with Gasteiger partial charge in [-0.1, -0.05) is 41.9 Å². The molecular weight excluding hydrogens is 603 g/mol. The Balaban J connectivity index is 1.45. The van der Waals surface area contributed by atoms with Crippen molar-refractivity contribution in [2.45, 2.75) is 32.0 Å². The monoisotopic (exact) mass is 636 g/mol. The van der Waals surface area contributed by atoms with Gasteiger partial charge in [-0.25, -0.2) is 9.18 Å². The second-order valence-electron chi connectivity index (χ2n) is 11.0. The summed E-state index contributed by atoms with van der Waals surface area (Å²) in [6, 6.07) is 13.7. The molecule has 12 heteroatoms. The molecule has 1 aromatic heterocycles. The minimum absolute atomic E-state index is 0.176. The minimum Gasteiger partial charge on any atom is -0.496 e. The van der Waals surface area contributed by atoms with Gasteiger partial charge in [-0.2, -0.15) is 0 Å². The molecule has 3 N–H and O–H groups in total. The third-order valence-electron chi connectivity index (χ3n) is 8.11. The van der Waals surface area contributed by atoms with Crippen LogP contribution in [0.25, 0.3) is 22.3 Å². The zero-order valence-corrected chi connectivity index (χ0v) is 26.1. The van der Waals surface area contributed by atoms with E-state index in [-0.39, 0.29) is 35.5 Å². The third-order valence-corrected chi connectivity index (χ3v) is 8.52. The Morgan fingerprint density at radius 3 is 2.58 bits per heavy atom. The third kappa shape index (κ3) is 6.43. The van der Waals surface area contributed by atoms with Crippen molar-refractivity contribution in [1.82, 2.24) is 14.5 Å². The van der Waals surface area contributed by atoms with E-state index >= 15 is 4.39 Å². The maximum atomic E-state index is 15.6. The number of ether oxygens (including phenoxy) is 2. The van der Waals surface area contributed by atoms with E-state index in [2.05, 4.69) is 10.6 Å². The number of methoxy groups -OCH3 is 1. The number of carbonyl (C=O) groups is 1. The van der Waals surface area contributed by atoms with Crippen LogP contribution >= 0.6 is 11.6 Å². The summed E-state index contributed by atoms with van der Waals surface area (Å²) in [6.07, 6.45) is 1.14. The molecule has 0 spiro atoms. The van der Waals surface area contributed by atoms with Crippen molar-refractivity contribution in [3.63, 3.8) is 0 Å². The molecule has 0 aliphatic carbocycles. The molecule has 0 unspecified atom stereocenters. The lowest BCUT2D eigenvalue weighted by Gasteiger charge is -2.29. The molecular formula is C33H34ClFN4O6. The fourth-order valence-corrected chi connectivity index (χ4v) is 5.82. The number of rotatable bonds is 8. The second-order valence-corrected chi connectivity index (χ2v) is 11.3. The predicted molar refractivity (Wildman–Crippen MR) is 171 cm³/mol. The van der Waals surface area contributed by atoms with Crippen molar-refractivity contribution in [3.05, 3.63) is 103 Å². The number of anilines is 1. The number of carbonyl (C=O) groups excluding carboxylic acids is 1. The Hall–Kier alpha value is -4.29. The number of benzene rings is 3. The first kappa shape index (κ1) is 32.1. The number of nitrogens with zero attached hydrogens (tertiary/aromatic N) is 2. The summed E-state index contributed by atoms with van der Waals surface area (Å²) in [6.45, 7) is 2.83. The zero-order valence-electron chi connectivity index (χ0n) is 25.3. The van der Waals surface area contributed by atoms with Crippen molar-refractivity contribution in [2.24, 2.45) is 14.1 Å². The average molecular weight is 637 g/mol. The molecule has 1 aliphatic heterocycles. The highest BCUT2D eigenvalue weighted by Crippen LogP contribution is 2.40. The van der Waals surface area contributed by atoms with Gasteiger partial charge in [-0.3, -0.25) is 14.2 Å². The number of aliphatic hydroxyl groups excluding tert-OH is 1. The van der Waals surface area contributed by atoms with Crippen LogP contribution < -0.4 is 26.6 Å². The first-order valence-corrected chi connectivity index (χ1v) is 14.7. The van der Waals surface area contributed by atoms with E-state index < -0.39 is 29.1 Å². The smallest absolute Gasteiger partial charge is 0.330 e. The molecule has 1 aliphatic rings. The summed E-state index contributed by atoms with van der Waals surface area (Å²) in [5.41, 5.74) is 2.68. The second kappa shape index (κ2) is 13.4. The van der Waals surface area contributed by atoms with E-state index in [9.17, 15) is 19.5 Å². The highest BCUT2D eigenvalue weighted by molar-refractivity contribution is 6.36. The van der Waals surface area contributed by atoms with Crippen molar-refractivity contribution < 1.29 is 23.8 Å². The van der Waals surface area contributed by atoms with Crippen LogP contribution in [0.3, 0.4) is 0 Å². The molecule has 1 fully saturated rings. The number of nitrogens with one attached hydrogen (secondary N) is 2. The number of hydrogen-bond donors (Lipinski definition) is 3. The van der Waals surface area contributed by atoms with E-state index in [1.165, 1.54) is 33.5 Å². The minimum atomic E-state index is -0.725. The molecule has 0 radical (unpaired) electrons. The van der Waals surface area contributed by atoms with E-state index in [0.29, 0.717) is 35.5 Å². The number of aromatic nitrogens is 2. The standard InChI is InChI=1S/C33H34ClFN4O6/c1-18-20(19-13-25(35)23(29(14-19)44-4)15-36-26-11-12-45-17-28(26)40)7-5-8-21(18)22-9-6-10-27(30(22)34)37-31(41)24-16-38(2)33(43)39(3)32(24)42/h5-10,13-14,16,26,28,36,40H,11-12,15,17H2,1-4H3,(H,37,41)/t26-,28+/m0/s1. The van der Waals surface area contributed by atoms with Crippen LogP contribution in [0, 0.1) is 12.7 Å². The van der Waals surface area contributed by atoms with Crippen molar-refractivity contribution in [3.8, 4) is 28.0 Å². The van der Waals surface area contributed by atoms with Crippen LogP contribution in [0.1, 0.15) is 27.9 Å². The Morgan fingerprint density at radius 1 is 1.13 bits per heavy atom. The van der Waals surface area contributed by atoms with E-state index in [1.807, 2.05) is 25.1 Å². The molecule has 236 valence electrons. The van der Waals surface area contributed by atoms with E-state index in [1.54, 1.807) is 24.3 Å². The normalized spacial score (nSPS) is 16.4. The number of hydrogen-bond acceptors (Lipinski definition) is 7. The Labute approximate surface area is 264 Å². The maximum absolute atomic E-state index is 15.6. The Morgan fingerprint density at radius 2 is 1.84 bits per heavy atom. The Kier molecular flexibility index (Phi) is 9.54. The summed E-state index contributed by atoms with van der Waals surface area (Å²) in [5, 5.41) is 16.3. The van der Waals surface area contributed by atoms with Gasteiger partial charge in [0, 0.05) is 50.6 Å². The predicted octanol–water partition coefficient (Wildman–Crippen LogP) is 4.02. The molecule has 5 rings (SSSR count). The SMILES string of the molecule is COc1cc(-c2cccc(-c3cccc(NC(=O)c4cn(C)c(=O)n(C)c4=O)c3Cl)c2C)cc(F)c1CN[C@H]1CCOC[C@H]1O. The summed E-state index contributed by atoms with van der Waals surface area (Å²) in [4.78, 5) is 37.7. The summed E-state index contributed by atoms with van der Waals surface area (Å²) in [5.74, 6) is -0.786. The quantitative estimate of drug-likeness (QED) is 0.267. The molecule has 3 aromatic carbocycles.